The second kappa shape index (κ2) is 7.50. The fourth-order valence-electron chi connectivity index (χ4n) is 5.40. The highest BCUT2D eigenvalue weighted by Crippen LogP contribution is 2.36. The first-order chi connectivity index (χ1) is 14.5. The predicted molar refractivity (Wildman–Crippen MR) is 109 cm³/mol. The van der Waals surface area contributed by atoms with E-state index < -0.39 is 10.0 Å². The van der Waals surface area contributed by atoms with Gasteiger partial charge in [-0.3, -0.25) is 4.79 Å². The van der Waals surface area contributed by atoms with Gasteiger partial charge in [-0.25, -0.2) is 23.6 Å². The van der Waals surface area contributed by atoms with Crippen molar-refractivity contribution in [2.75, 3.05) is 11.9 Å². The van der Waals surface area contributed by atoms with Crippen LogP contribution in [0, 0.1) is 23.2 Å². The lowest BCUT2D eigenvalue weighted by molar-refractivity contribution is -0.128. The van der Waals surface area contributed by atoms with E-state index in [9.17, 15) is 18.5 Å². The number of benzene rings is 1. The summed E-state index contributed by atoms with van der Waals surface area (Å²) in [6.45, 7) is 0.910. The van der Waals surface area contributed by atoms with Gasteiger partial charge in [0.1, 0.15) is 6.17 Å². The molecule has 4 N–H and O–H groups in total. The standard InChI is InChI=1S/C20H26N6O3S/c21-10-12-3-1-2-4-15(12)26-16-7-8-22-20(27)18(16)19(25-26)24-14-5-6-17-13(9-14)11-23-30(17,28)29/h5-6,9,12,15-16,18-19,23-25H,1-4,7-8,11H2,(H,22,27)/t12-,15+,16?,18?,19?/m1/s1. The summed E-state index contributed by atoms with van der Waals surface area (Å²) >= 11 is 0. The average molecular weight is 431 g/mol. The van der Waals surface area contributed by atoms with E-state index in [2.05, 4.69) is 31.9 Å². The van der Waals surface area contributed by atoms with Crippen LogP contribution in [0.5, 0.6) is 0 Å². The van der Waals surface area contributed by atoms with E-state index in [1.807, 2.05) is 6.07 Å². The third kappa shape index (κ3) is 3.26. The van der Waals surface area contributed by atoms with Gasteiger partial charge < -0.3 is 10.6 Å². The maximum Gasteiger partial charge on any atom is 0.241 e. The molecule has 4 aliphatic rings. The Bertz CT molecular complexity index is 1010. The number of sulfonamides is 1. The van der Waals surface area contributed by atoms with Gasteiger partial charge in [0, 0.05) is 30.9 Å². The highest BCUT2D eigenvalue weighted by molar-refractivity contribution is 7.89. The molecule has 1 aromatic carbocycles. The van der Waals surface area contributed by atoms with Crippen molar-refractivity contribution in [3.8, 4) is 6.07 Å². The van der Waals surface area contributed by atoms with Crippen molar-refractivity contribution in [2.45, 2.75) is 61.8 Å². The monoisotopic (exact) mass is 430 g/mol. The molecule has 0 radical (unpaired) electrons. The Labute approximate surface area is 176 Å². The molecule has 3 aliphatic heterocycles. The number of hydrogen-bond donors (Lipinski definition) is 4. The van der Waals surface area contributed by atoms with Crippen LogP contribution < -0.4 is 20.8 Å². The number of hydrogen-bond acceptors (Lipinski definition) is 7. The summed E-state index contributed by atoms with van der Waals surface area (Å²) in [7, 11) is -3.41. The molecule has 1 aromatic rings. The normalized spacial score (nSPS) is 35.2. The van der Waals surface area contributed by atoms with Crippen molar-refractivity contribution in [2.24, 2.45) is 11.8 Å². The molecule has 5 atom stereocenters. The number of nitriles is 1. The molecule has 2 saturated heterocycles. The molecule has 9 nitrogen and oxygen atoms in total. The minimum Gasteiger partial charge on any atom is -0.368 e. The third-order valence-electron chi connectivity index (χ3n) is 6.84. The summed E-state index contributed by atoms with van der Waals surface area (Å²) in [6.07, 6.45) is 4.53. The molecule has 0 bridgehead atoms. The fraction of sp³-hybridized carbons (Fsp3) is 0.600. The van der Waals surface area contributed by atoms with Crippen molar-refractivity contribution in [1.29, 1.82) is 5.26 Å². The van der Waals surface area contributed by atoms with Gasteiger partial charge in [-0.2, -0.15) is 5.26 Å². The molecule has 3 heterocycles. The number of anilines is 1. The van der Waals surface area contributed by atoms with Gasteiger partial charge in [0.2, 0.25) is 15.9 Å². The molecular weight excluding hydrogens is 404 g/mol. The zero-order chi connectivity index (χ0) is 20.9. The second-order valence-electron chi connectivity index (χ2n) is 8.57. The fourth-order valence-corrected chi connectivity index (χ4v) is 6.62. The van der Waals surface area contributed by atoms with Crippen molar-refractivity contribution >= 4 is 21.6 Å². The quantitative estimate of drug-likeness (QED) is 0.554. The Balaban J connectivity index is 1.41. The molecule has 0 aromatic heterocycles. The lowest BCUT2D eigenvalue weighted by Gasteiger charge is -2.39. The average Bonchev–Trinajstić information content (AvgIpc) is 3.26. The number of nitrogens with one attached hydrogen (secondary N) is 4. The summed E-state index contributed by atoms with van der Waals surface area (Å²) in [5.41, 5.74) is 4.99. The maximum absolute atomic E-state index is 12.8. The zero-order valence-corrected chi connectivity index (χ0v) is 17.4. The Hall–Kier alpha value is -2.19. The zero-order valence-electron chi connectivity index (χ0n) is 16.6. The van der Waals surface area contributed by atoms with Crippen LogP contribution in [0.15, 0.2) is 23.1 Å². The van der Waals surface area contributed by atoms with E-state index >= 15 is 0 Å². The molecule has 1 aliphatic carbocycles. The first kappa shape index (κ1) is 19.8. The first-order valence-corrected chi connectivity index (χ1v) is 12.1. The molecule has 1 amide bonds. The van der Waals surface area contributed by atoms with Gasteiger partial charge in [-0.15, -0.1) is 0 Å². The molecule has 30 heavy (non-hydrogen) atoms. The summed E-state index contributed by atoms with van der Waals surface area (Å²) in [4.78, 5) is 13.1. The number of fused-ring (bicyclic) bond motifs is 2. The van der Waals surface area contributed by atoms with Crippen molar-refractivity contribution in [1.82, 2.24) is 20.5 Å². The first-order valence-electron chi connectivity index (χ1n) is 10.6. The van der Waals surface area contributed by atoms with Crippen molar-refractivity contribution < 1.29 is 13.2 Å². The van der Waals surface area contributed by atoms with E-state index in [1.54, 1.807) is 12.1 Å². The number of piperidine rings is 1. The molecule has 5 rings (SSSR count). The summed E-state index contributed by atoms with van der Waals surface area (Å²) in [5.74, 6) is -0.310. The van der Waals surface area contributed by atoms with Crippen LogP contribution in [0.2, 0.25) is 0 Å². The number of rotatable bonds is 3. The SMILES string of the molecule is N#C[C@H]1CCCC[C@@H]1N1NC(Nc2ccc3c(c2)CNS3(=O)=O)C2C(=O)NCCC21. The van der Waals surface area contributed by atoms with Crippen LogP contribution in [-0.2, 0) is 21.4 Å². The van der Waals surface area contributed by atoms with Crippen molar-refractivity contribution in [3.05, 3.63) is 23.8 Å². The minimum atomic E-state index is -3.41. The Morgan fingerprint density at radius 1 is 1.17 bits per heavy atom. The summed E-state index contributed by atoms with van der Waals surface area (Å²) < 4.78 is 26.5. The van der Waals surface area contributed by atoms with Crippen LogP contribution in [0.4, 0.5) is 5.69 Å². The number of hydrazine groups is 1. The highest BCUT2D eigenvalue weighted by Gasteiger charge is 2.51. The van der Waals surface area contributed by atoms with Gasteiger partial charge in [0.15, 0.2) is 0 Å². The minimum absolute atomic E-state index is 0.00784. The van der Waals surface area contributed by atoms with E-state index in [0.29, 0.717) is 11.4 Å². The van der Waals surface area contributed by atoms with Gasteiger partial charge in [0.25, 0.3) is 0 Å². The van der Waals surface area contributed by atoms with Crippen LogP contribution in [0.1, 0.15) is 37.7 Å². The maximum atomic E-state index is 12.8. The molecular formula is C20H26N6O3S. The van der Waals surface area contributed by atoms with Gasteiger partial charge in [0.05, 0.1) is 22.8 Å². The third-order valence-corrected chi connectivity index (χ3v) is 8.34. The number of nitrogens with zero attached hydrogens (tertiary/aromatic N) is 2. The Morgan fingerprint density at radius 2 is 2.00 bits per heavy atom. The van der Waals surface area contributed by atoms with Gasteiger partial charge in [-0.05, 0) is 43.0 Å². The topological polar surface area (TPSA) is 126 Å². The summed E-state index contributed by atoms with van der Waals surface area (Å²) in [5, 5.41) is 18.2. The number of carbonyl (C=O) groups excluding carboxylic acids is 1. The van der Waals surface area contributed by atoms with Crippen LogP contribution in [-0.4, -0.2) is 44.1 Å². The Morgan fingerprint density at radius 3 is 2.83 bits per heavy atom. The van der Waals surface area contributed by atoms with Gasteiger partial charge in [-0.1, -0.05) is 12.8 Å². The largest absolute Gasteiger partial charge is 0.368 e. The molecule has 3 unspecified atom stereocenters. The lowest BCUT2D eigenvalue weighted by Crippen LogP contribution is -2.54. The molecule has 0 spiro atoms. The molecule has 160 valence electrons. The van der Waals surface area contributed by atoms with Crippen LogP contribution in [0.3, 0.4) is 0 Å². The van der Waals surface area contributed by atoms with E-state index in [1.165, 1.54) is 0 Å². The Kier molecular flexibility index (Phi) is 4.94. The predicted octanol–water partition coefficient (Wildman–Crippen LogP) is 0.624. The van der Waals surface area contributed by atoms with Crippen molar-refractivity contribution in [3.63, 3.8) is 0 Å². The molecule has 1 saturated carbocycles. The van der Waals surface area contributed by atoms with E-state index in [4.69, 9.17) is 0 Å². The number of carbonyl (C=O) groups is 1. The molecule has 3 fully saturated rings. The smallest absolute Gasteiger partial charge is 0.241 e. The second-order valence-corrected chi connectivity index (χ2v) is 10.3. The highest BCUT2D eigenvalue weighted by atomic mass is 32.2. The van der Waals surface area contributed by atoms with Crippen LogP contribution in [0.25, 0.3) is 0 Å². The van der Waals surface area contributed by atoms with Crippen LogP contribution >= 0.6 is 0 Å². The van der Waals surface area contributed by atoms with Gasteiger partial charge >= 0.3 is 0 Å². The van der Waals surface area contributed by atoms with E-state index in [-0.39, 0.29) is 42.5 Å². The lowest BCUT2D eigenvalue weighted by atomic mass is 9.83. The summed E-state index contributed by atoms with van der Waals surface area (Å²) in [6, 6.07) is 7.77. The van der Waals surface area contributed by atoms with E-state index in [0.717, 1.165) is 43.4 Å². The molecule has 10 heteroatoms. The number of amides is 1.